The standard InChI is InChI=1S/C8H20N3/c1-4-11(3)7-5-10(9-2)6-8-11/h9H,4-8H2,1-3H3/q+1. The highest BCUT2D eigenvalue weighted by molar-refractivity contribution is 4.56. The third-order valence-electron chi connectivity index (χ3n) is 2.90. The molecule has 1 fully saturated rings. The monoisotopic (exact) mass is 158 g/mol. The molecular formula is C8H20N3+. The molecule has 0 unspecified atom stereocenters. The first kappa shape index (κ1) is 8.97. The van der Waals surface area contributed by atoms with Crippen LogP contribution in [0.2, 0.25) is 0 Å². The van der Waals surface area contributed by atoms with Crippen LogP contribution in [-0.2, 0) is 0 Å². The van der Waals surface area contributed by atoms with Crippen molar-refractivity contribution in [2.75, 3.05) is 46.8 Å². The van der Waals surface area contributed by atoms with Gasteiger partial charge in [-0.05, 0) is 14.0 Å². The lowest BCUT2D eigenvalue weighted by molar-refractivity contribution is -0.912. The second-order valence-corrected chi connectivity index (χ2v) is 3.59. The maximum Gasteiger partial charge on any atom is 0.0928 e. The molecule has 11 heavy (non-hydrogen) atoms. The third-order valence-corrected chi connectivity index (χ3v) is 2.90. The van der Waals surface area contributed by atoms with Gasteiger partial charge in [-0.3, -0.25) is 5.43 Å². The smallest absolute Gasteiger partial charge is 0.0928 e. The predicted molar refractivity (Wildman–Crippen MR) is 47.1 cm³/mol. The number of quaternary nitrogens is 1. The van der Waals surface area contributed by atoms with Crippen molar-refractivity contribution in [3.63, 3.8) is 0 Å². The molecule has 0 spiro atoms. The van der Waals surface area contributed by atoms with Crippen LogP contribution in [0, 0.1) is 0 Å². The number of nitrogens with zero attached hydrogens (tertiary/aromatic N) is 2. The van der Waals surface area contributed by atoms with Gasteiger partial charge in [0.2, 0.25) is 0 Å². The molecule has 1 aliphatic rings. The van der Waals surface area contributed by atoms with Gasteiger partial charge in [0.1, 0.15) is 0 Å². The van der Waals surface area contributed by atoms with Gasteiger partial charge in [-0.25, -0.2) is 5.01 Å². The maximum absolute atomic E-state index is 3.19. The van der Waals surface area contributed by atoms with Gasteiger partial charge in [0.25, 0.3) is 0 Å². The van der Waals surface area contributed by atoms with Crippen LogP contribution in [-0.4, -0.2) is 56.3 Å². The number of hydrazine groups is 1. The molecular weight excluding hydrogens is 138 g/mol. The summed E-state index contributed by atoms with van der Waals surface area (Å²) >= 11 is 0. The molecule has 0 radical (unpaired) electrons. The molecule has 0 amide bonds. The third kappa shape index (κ3) is 2.15. The Hall–Kier alpha value is -0.120. The van der Waals surface area contributed by atoms with E-state index in [-0.39, 0.29) is 0 Å². The van der Waals surface area contributed by atoms with Gasteiger partial charge in [-0.2, -0.15) is 0 Å². The quantitative estimate of drug-likeness (QED) is 0.565. The Kier molecular flexibility index (Phi) is 2.87. The minimum Gasteiger partial charge on any atom is -0.324 e. The highest BCUT2D eigenvalue weighted by atomic mass is 15.5. The summed E-state index contributed by atoms with van der Waals surface area (Å²) < 4.78 is 1.23. The summed E-state index contributed by atoms with van der Waals surface area (Å²) in [5.41, 5.74) is 3.19. The van der Waals surface area contributed by atoms with Crippen LogP contribution in [0.5, 0.6) is 0 Å². The molecule has 66 valence electrons. The van der Waals surface area contributed by atoms with Crippen LogP contribution in [0.15, 0.2) is 0 Å². The van der Waals surface area contributed by atoms with Crippen LogP contribution < -0.4 is 5.43 Å². The minimum atomic E-state index is 1.18. The number of rotatable bonds is 2. The van der Waals surface area contributed by atoms with Gasteiger partial charge < -0.3 is 4.48 Å². The summed E-state index contributed by atoms with van der Waals surface area (Å²) in [6.45, 7) is 8.45. The lowest BCUT2D eigenvalue weighted by atomic mass is 10.3. The molecule has 0 atom stereocenters. The number of likely N-dealkylation sites (N-methyl/N-ethyl adjacent to an activating group) is 1. The highest BCUT2D eigenvalue weighted by Crippen LogP contribution is 2.06. The van der Waals surface area contributed by atoms with Crippen LogP contribution >= 0.6 is 0 Å². The number of nitrogens with one attached hydrogen (secondary N) is 1. The number of hydrogen-bond acceptors (Lipinski definition) is 2. The molecule has 1 rings (SSSR count). The van der Waals surface area contributed by atoms with Crippen molar-refractivity contribution >= 4 is 0 Å². The van der Waals surface area contributed by atoms with Crippen molar-refractivity contribution in [1.29, 1.82) is 0 Å². The van der Waals surface area contributed by atoms with E-state index in [4.69, 9.17) is 0 Å². The lowest BCUT2D eigenvalue weighted by Gasteiger charge is -2.40. The van der Waals surface area contributed by atoms with Crippen molar-refractivity contribution < 1.29 is 4.48 Å². The van der Waals surface area contributed by atoms with E-state index in [2.05, 4.69) is 24.4 Å². The van der Waals surface area contributed by atoms with Gasteiger partial charge in [0.15, 0.2) is 0 Å². The first-order chi connectivity index (χ1) is 5.20. The Bertz CT molecular complexity index is 117. The van der Waals surface area contributed by atoms with E-state index in [1.807, 2.05) is 7.05 Å². The van der Waals surface area contributed by atoms with E-state index in [0.29, 0.717) is 0 Å². The molecule has 1 N–H and O–H groups in total. The van der Waals surface area contributed by atoms with Crippen molar-refractivity contribution in [1.82, 2.24) is 10.4 Å². The fraction of sp³-hybridized carbons (Fsp3) is 1.00. The molecule has 3 heteroatoms. The molecule has 1 heterocycles. The predicted octanol–water partition coefficient (Wildman–Crippen LogP) is -0.0971. The van der Waals surface area contributed by atoms with Crippen LogP contribution in [0.3, 0.4) is 0 Å². The Morgan fingerprint density at radius 1 is 1.36 bits per heavy atom. The Balaban J connectivity index is 2.35. The maximum atomic E-state index is 3.19. The van der Waals surface area contributed by atoms with E-state index < -0.39 is 0 Å². The van der Waals surface area contributed by atoms with Crippen LogP contribution in [0.4, 0.5) is 0 Å². The highest BCUT2D eigenvalue weighted by Gasteiger charge is 2.25. The molecule has 1 aliphatic heterocycles. The van der Waals surface area contributed by atoms with E-state index in [1.165, 1.54) is 37.2 Å². The summed E-state index contributed by atoms with van der Waals surface area (Å²) in [5, 5.41) is 2.29. The van der Waals surface area contributed by atoms with Crippen molar-refractivity contribution in [2.24, 2.45) is 0 Å². The first-order valence-electron chi connectivity index (χ1n) is 4.46. The average Bonchev–Trinajstić information content (AvgIpc) is 2.06. The van der Waals surface area contributed by atoms with Gasteiger partial charge >= 0.3 is 0 Å². The summed E-state index contributed by atoms with van der Waals surface area (Å²) in [4.78, 5) is 0. The van der Waals surface area contributed by atoms with Crippen LogP contribution in [0.25, 0.3) is 0 Å². The van der Waals surface area contributed by atoms with Gasteiger partial charge in [-0.1, -0.05) is 0 Å². The largest absolute Gasteiger partial charge is 0.324 e. The second-order valence-electron chi connectivity index (χ2n) is 3.59. The van der Waals surface area contributed by atoms with Gasteiger partial charge in [0, 0.05) is 0 Å². The van der Waals surface area contributed by atoms with Crippen molar-refractivity contribution in [3.8, 4) is 0 Å². The Labute approximate surface area is 69.5 Å². The fourth-order valence-electron chi connectivity index (χ4n) is 1.49. The summed E-state index contributed by atoms with van der Waals surface area (Å²) in [6, 6.07) is 0. The van der Waals surface area contributed by atoms with E-state index in [1.54, 1.807) is 0 Å². The zero-order valence-corrected chi connectivity index (χ0v) is 7.93. The number of hydrogen-bond donors (Lipinski definition) is 1. The molecule has 3 nitrogen and oxygen atoms in total. The normalized spacial score (nSPS) is 25.4. The fourth-order valence-corrected chi connectivity index (χ4v) is 1.49. The van der Waals surface area contributed by atoms with Crippen molar-refractivity contribution in [3.05, 3.63) is 0 Å². The molecule has 1 saturated heterocycles. The summed E-state index contributed by atoms with van der Waals surface area (Å²) in [5.74, 6) is 0. The van der Waals surface area contributed by atoms with Crippen LogP contribution in [0.1, 0.15) is 6.92 Å². The van der Waals surface area contributed by atoms with Crippen molar-refractivity contribution in [2.45, 2.75) is 6.92 Å². The van der Waals surface area contributed by atoms with Gasteiger partial charge in [0.05, 0.1) is 39.8 Å². The summed E-state index contributed by atoms with van der Waals surface area (Å²) in [7, 11) is 4.34. The van der Waals surface area contributed by atoms with Gasteiger partial charge in [-0.15, -0.1) is 0 Å². The minimum absolute atomic E-state index is 1.18. The molecule has 0 saturated carbocycles. The molecule has 0 aromatic rings. The molecule has 0 aliphatic carbocycles. The molecule has 0 aromatic heterocycles. The number of piperazine rings is 1. The molecule has 0 aromatic carbocycles. The Morgan fingerprint density at radius 2 is 1.91 bits per heavy atom. The summed E-state index contributed by atoms with van der Waals surface area (Å²) in [6.07, 6.45) is 0. The Morgan fingerprint density at radius 3 is 2.27 bits per heavy atom. The average molecular weight is 158 g/mol. The zero-order valence-electron chi connectivity index (χ0n) is 7.93. The first-order valence-corrected chi connectivity index (χ1v) is 4.46. The SMILES string of the molecule is CC[N+]1(C)CCN(NC)CC1. The van der Waals surface area contributed by atoms with E-state index in [9.17, 15) is 0 Å². The topological polar surface area (TPSA) is 15.3 Å². The lowest BCUT2D eigenvalue weighted by Crippen LogP contribution is -2.59. The second kappa shape index (κ2) is 3.52. The molecule has 0 bridgehead atoms. The zero-order chi connectivity index (χ0) is 8.32. The van der Waals surface area contributed by atoms with E-state index in [0.717, 1.165) is 0 Å². The van der Waals surface area contributed by atoms with E-state index >= 15 is 0 Å².